The van der Waals surface area contributed by atoms with Crippen LogP contribution in [0.15, 0.2) is 30.3 Å². The Bertz CT molecular complexity index is 419. The molecule has 2 nitrogen and oxygen atoms in total. The van der Waals surface area contributed by atoms with Crippen LogP contribution in [0.1, 0.15) is 30.0 Å². The quantitative estimate of drug-likeness (QED) is 0.836. The van der Waals surface area contributed by atoms with Crippen molar-refractivity contribution < 1.29 is 0 Å². The van der Waals surface area contributed by atoms with Crippen LogP contribution in [0.2, 0.25) is 0 Å². The largest absolute Gasteiger partial charge is 0.311 e. The van der Waals surface area contributed by atoms with Crippen LogP contribution in [0.4, 0.5) is 0 Å². The van der Waals surface area contributed by atoms with Gasteiger partial charge in [0.15, 0.2) is 0 Å². The molecule has 0 radical (unpaired) electrons. The Morgan fingerprint density at radius 3 is 2.71 bits per heavy atom. The maximum atomic E-state index is 3.49. The van der Waals surface area contributed by atoms with Gasteiger partial charge in [0.05, 0.1) is 6.04 Å². The highest BCUT2D eigenvalue weighted by Crippen LogP contribution is 2.32. The number of nitrogens with one attached hydrogen (secondary N) is 1. The lowest BCUT2D eigenvalue weighted by Crippen LogP contribution is -2.42. The van der Waals surface area contributed by atoms with Crippen LogP contribution in [0.25, 0.3) is 6.08 Å². The fourth-order valence-electron chi connectivity index (χ4n) is 3.14. The molecule has 90 valence electrons. The summed E-state index contributed by atoms with van der Waals surface area (Å²) >= 11 is 0. The molecule has 2 aliphatic rings. The monoisotopic (exact) mass is 228 g/mol. The maximum Gasteiger partial charge on any atom is 0.0518 e. The van der Waals surface area contributed by atoms with Crippen LogP contribution in [-0.2, 0) is 0 Å². The molecule has 1 aromatic rings. The van der Waals surface area contributed by atoms with Crippen molar-refractivity contribution in [3.05, 3.63) is 41.5 Å². The van der Waals surface area contributed by atoms with Crippen LogP contribution in [0.5, 0.6) is 0 Å². The summed E-state index contributed by atoms with van der Waals surface area (Å²) in [6.07, 6.45) is 7.35. The van der Waals surface area contributed by atoms with Gasteiger partial charge in [-0.2, -0.15) is 0 Å². The molecule has 1 N–H and O–H groups in total. The van der Waals surface area contributed by atoms with E-state index in [1.54, 1.807) is 0 Å². The van der Waals surface area contributed by atoms with Crippen molar-refractivity contribution in [3.63, 3.8) is 0 Å². The number of fused-ring (bicyclic) bond motifs is 1. The van der Waals surface area contributed by atoms with E-state index in [1.807, 2.05) is 0 Å². The maximum absolute atomic E-state index is 3.49. The van der Waals surface area contributed by atoms with E-state index in [-0.39, 0.29) is 0 Å². The summed E-state index contributed by atoms with van der Waals surface area (Å²) in [4.78, 5) is 2.60. The first-order valence-electron chi connectivity index (χ1n) is 6.58. The van der Waals surface area contributed by atoms with Crippen molar-refractivity contribution in [2.75, 3.05) is 20.1 Å². The van der Waals surface area contributed by atoms with Crippen molar-refractivity contribution in [1.29, 1.82) is 0 Å². The van der Waals surface area contributed by atoms with Crippen molar-refractivity contribution in [2.24, 2.45) is 0 Å². The third kappa shape index (κ3) is 1.92. The highest BCUT2D eigenvalue weighted by molar-refractivity contribution is 5.59. The molecular weight excluding hydrogens is 208 g/mol. The molecule has 0 aromatic heterocycles. The molecule has 2 atom stereocenters. The van der Waals surface area contributed by atoms with E-state index in [2.05, 4.69) is 53.7 Å². The lowest BCUT2D eigenvalue weighted by molar-refractivity contribution is 0.235. The zero-order chi connectivity index (χ0) is 11.7. The Hall–Kier alpha value is -1.12. The zero-order valence-electron chi connectivity index (χ0n) is 10.4. The topological polar surface area (TPSA) is 15.3 Å². The van der Waals surface area contributed by atoms with Gasteiger partial charge in [-0.3, -0.25) is 4.90 Å². The third-order valence-electron chi connectivity index (χ3n) is 4.02. The third-order valence-corrected chi connectivity index (χ3v) is 4.02. The summed E-state index contributed by atoms with van der Waals surface area (Å²) in [6.45, 7) is 2.49. The Morgan fingerprint density at radius 1 is 1.18 bits per heavy atom. The van der Waals surface area contributed by atoms with Gasteiger partial charge in [0.1, 0.15) is 0 Å². The average molecular weight is 228 g/mol. The molecule has 2 heteroatoms. The molecule has 3 rings (SSSR count). The summed E-state index contributed by atoms with van der Waals surface area (Å²) in [7, 11) is 2.07. The minimum absolute atomic E-state index is 0.439. The second-order valence-electron chi connectivity index (χ2n) is 4.99. The number of hydrogen-bond donors (Lipinski definition) is 1. The van der Waals surface area contributed by atoms with Crippen molar-refractivity contribution in [3.8, 4) is 0 Å². The minimum atomic E-state index is 0.439. The molecule has 1 aromatic carbocycles. The highest BCUT2D eigenvalue weighted by Gasteiger charge is 2.30. The van der Waals surface area contributed by atoms with E-state index in [1.165, 1.54) is 37.1 Å². The van der Waals surface area contributed by atoms with Gasteiger partial charge in [-0.05, 0) is 44.1 Å². The SMILES string of the molecule is CN[C@@H]1c2ccccc2C=C[C@H]1N1CCCC1. The van der Waals surface area contributed by atoms with Crippen LogP contribution in [-0.4, -0.2) is 31.1 Å². The summed E-state index contributed by atoms with van der Waals surface area (Å²) in [5.74, 6) is 0. The summed E-state index contributed by atoms with van der Waals surface area (Å²) in [6, 6.07) is 9.68. The number of likely N-dealkylation sites (N-methyl/N-ethyl adjacent to an activating group) is 1. The molecule has 17 heavy (non-hydrogen) atoms. The standard InChI is InChI=1S/C15H20N2/c1-16-15-13-7-3-2-6-12(13)8-9-14(15)17-10-4-5-11-17/h2-3,6-9,14-16H,4-5,10-11H2,1H3/t14-,15-/m1/s1. The van der Waals surface area contributed by atoms with Crippen LogP contribution < -0.4 is 5.32 Å². The Kier molecular flexibility index (Phi) is 3.00. The predicted molar refractivity (Wildman–Crippen MR) is 71.9 cm³/mol. The van der Waals surface area contributed by atoms with E-state index in [9.17, 15) is 0 Å². The molecule has 1 heterocycles. The van der Waals surface area contributed by atoms with Gasteiger partial charge in [-0.15, -0.1) is 0 Å². The van der Waals surface area contributed by atoms with E-state index < -0.39 is 0 Å². The van der Waals surface area contributed by atoms with Gasteiger partial charge in [-0.25, -0.2) is 0 Å². The first-order valence-corrected chi connectivity index (χ1v) is 6.58. The average Bonchev–Trinajstić information content (AvgIpc) is 2.91. The summed E-state index contributed by atoms with van der Waals surface area (Å²) in [5.41, 5.74) is 2.80. The number of rotatable bonds is 2. The molecule has 1 aliphatic carbocycles. The normalized spacial score (nSPS) is 28.3. The van der Waals surface area contributed by atoms with Gasteiger partial charge < -0.3 is 5.32 Å². The molecule has 0 spiro atoms. The molecule has 0 saturated carbocycles. The van der Waals surface area contributed by atoms with Crippen LogP contribution >= 0.6 is 0 Å². The molecule has 1 fully saturated rings. The fourth-order valence-corrected chi connectivity index (χ4v) is 3.14. The highest BCUT2D eigenvalue weighted by atomic mass is 15.2. The van der Waals surface area contributed by atoms with Gasteiger partial charge in [0.2, 0.25) is 0 Å². The first kappa shape index (κ1) is 11.0. The number of nitrogens with zero attached hydrogens (tertiary/aromatic N) is 1. The second-order valence-corrected chi connectivity index (χ2v) is 4.99. The lowest BCUT2D eigenvalue weighted by atomic mass is 9.88. The smallest absolute Gasteiger partial charge is 0.0518 e. The molecule has 1 saturated heterocycles. The number of benzene rings is 1. The van der Waals surface area contributed by atoms with Gasteiger partial charge in [0, 0.05) is 6.04 Å². The molecule has 0 bridgehead atoms. The second kappa shape index (κ2) is 4.63. The van der Waals surface area contributed by atoms with Crippen molar-refractivity contribution >= 4 is 6.08 Å². The lowest BCUT2D eigenvalue weighted by Gasteiger charge is -2.35. The number of likely N-dealkylation sites (tertiary alicyclic amines) is 1. The zero-order valence-corrected chi connectivity index (χ0v) is 10.4. The van der Waals surface area contributed by atoms with Crippen molar-refractivity contribution in [2.45, 2.75) is 24.9 Å². The molecule has 0 amide bonds. The molecular formula is C15H20N2. The van der Waals surface area contributed by atoms with E-state index in [0.29, 0.717) is 12.1 Å². The molecule has 0 unspecified atom stereocenters. The fraction of sp³-hybridized carbons (Fsp3) is 0.467. The Balaban J connectivity index is 1.93. The van der Waals surface area contributed by atoms with E-state index in [0.717, 1.165) is 0 Å². The van der Waals surface area contributed by atoms with Gasteiger partial charge >= 0.3 is 0 Å². The number of hydrogen-bond acceptors (Lipinski definition) is 2. The first-order chi connectivity index (χ1) is 8.40. The summed E-state index contributed by atoms with van der Waals surface area (Å²) < 4.78 is 0. The Labute approximate surface area is 103 Å². The Morgan fingerprint density at radius 2 is 1.94 bits per heavy atom. The van der Waals surface area contributed by atoms with E-state index in [4.69, 9.17) is 0 Å². The summed E-state index contributed by atoms with van der Waals surface area (Å²) in [5, 5.41) is 3.49. The van der Waals surface area contributed by atoms with E-state index >= 15 is 0 Å². The van der Waals surface area contributed by atoms with Gasteiger partial charge in [0.25, 0.3) is 0 Å². The van der Waals surface area contributed by atoms with Crippen LogP contribution in [0.3, 0.4) is 0 Å². The van der Waals surface area contributed by atoms with Gasteiger partial charge in [-0.1, -0.05) is 36.4 Å². The van der Waals surface area contributed by atoms with Crippen LogP contribution in [0, 0.1) is 0 Å². The molecule has 1 aliphatic heterocycles. The van der Waals surface area contributed by atoms with Crippen molar-refractivity contribution in [1.82, 2.24) is 10.2 Å². The minimum Gasteiger partial charge on any atom is -0.311 e. The predicted octanol–water partition coefficient (Wildman–Crippen LogP) is 2.44.